The highest BCUT2D eigenvalue weighted by Gasteiger charge is 2.28. The third kappa shape index (κ3) is 2.15. The third-order valence-corrected chi connectivity index (χ3v) is 6.21. The van der Waals surface area contributed by atoms with Crippen molar-refractivity contribution >= 4 is 27.4 Å². The summed E-state index contributed by atoms with van der Waals surface area (Å²) in [6, 6.07) is 0.660. The highest BCUT2D eigenvalue weighted by atomic mass is 32.1. The molecule has 0 aromatic carbocycles. The molecule has 1 atom stereocenters. The number of fused-ring (bicyclic) bond motifs is 3. The van der Waals surface area contributed by atoms with Crippen LogP contribution >= 0.6 is 11.3 Å². The Morgan fingerprint density at radius 1 is 1.19 bits per heavy atom. The van der Waals surface area contributed by atoms with E-state index < -0.39 is 0 Å². The fourth-order valence-corrected chi connectivity index (χ4v) is 5.29. The first-order valence-electron chi connectivity index (χ1n) is 8.33. The van der Waals surface area contributed by atoms with Gasteiger partial charge in [0, 0.05) is 17.5 Å². The molecule has 1 aliphatic heterocycles. The molecule has 4 rings (SSSR count). The first kappa shape index (κ1) is 13.5. The summed E-state index contributed by atoms with van der Waals surface area (Å²) in [5.74, 6) is 2.17. The minimum Gasteiger partial charge on any atom is -0.353 e. The molecule has 0 N–H and O–H groups in total. The summed E-state index contributed by atoms with van der Waals surface area (Å²) in [5.41, 5.74) is 1.56. The van der Waals surface area contributed by atoms with Crippen molar-refractivity contribution < 1.29 is 0 Å². The molecule has 2 aromatic rings. The smallest absolute Gasteiger partial charge is 0.141 e. The molecule has 2 aromatic heterocycles. The topological polar surface area (TPSA) is 29.0 Å². The van der Waals surface area contributed by atoms with E-state index in [1.54, 1.807) is 10.4 Å². The van der Waals surface area contributed by atoms with Gasteiger partial charge < -0.3 is 4.90 Å². The average Bonchev–Trinajstić information content (AvgIpc) is 3.06. The molecule has 2 aliphatic rings. The van der Waals surface area contributed by atoms with Crippen molar-refractivity contribution in [3.8, 4) is 0 Å². The SMILES string of the molecule is CCC1CCCCN1c1nc(C)nc2sc3c(c12)CCC3. The molecule has 1 aliphatic carbocycles. The molecular weight excluding hydrogens is 278 g/mol. The molecule has 21 heavy (non-hydrogen) atoms. The molecule has 0 saturated carbocycles. The van der Waals surface area contributed by atoms with Gasteiger partial charge in [-0.15, -0.1) is 11.3 Å². The van der Waals surface area contributed by atoms with Crippen LogP contribution in [0.15, 0.2) is 0 Å². The Morgan fingerprint density at radius 2 is 2.10 bits per heavy atom. The highest BCUT2D eigenvalue weighted by molar-refractivity contribution is 7.19. The van der Waals surface area contributed by atoms with Gasteiger partial charge in [0.15, 0.2) is 0 Å². The minimum atomic E-state index is 0.660. The Labute approximate surface area is 130 Å². The highest BCUT2D eigenvalue weighted by Crippen LogP contribution is 2.41. The van der Waals surface area contributed by atoms with E-state index in [-0.39, 0.29) is 0 Å². The number of hydrogen-bond acceptors (Lipinski definition) is 4. The van der Waals surface area contributed by atoms with E-state index in [1.807, 2.05) is 18.3 Å². The lowest BCUT2D eigenvalue weighted by atomic mass is 9.99. The number of thiophene rings is 1. The van der Waals surface area contributed by atoms with Crippen molar-refractivity contribution in [2.45, 2.75) is 64.8 Å². The van der Waals surface area contributed by atoms with Gasteiger partial charge in [0.25, 0.3) is 0 Å². The van der Waals surface area contributed by atoms with E-state index in [0.29, 0.717) is 6.04 Å². The van der Waals surface area contributed by atoms with Gasteiger partial charge in [-0.3, -0.25) is 0 Å². The molecule has 1 saturated heterocycles. The van der Waals surface area contributed by atoms with Crippen LogP contribution in [0.5, 0.6) is 0 Å². The molecule has 4 heteroatoms. The van der Waals surface area contributed by atoms with Gasteiger partial charge in [0.1, 0.15) is 16.5 Å². The second-order valence-electron chi connectivity index (χ2n) is 6.38. The Kier molecular flexibility index (Phi) is 3.37. The lowest BCUT2D eigenvalue weighted by Gasteiger charge is -2.36. The van der Waals surface area contributed by atoms with Gasteiger partial charge in [-0.25, -0.2) is 9.97 Å². The molecule has 0 spiro atoms. The van der Waals surface area contributed by atoms with Crippen LogP contribution < -0.4 is 4.90 Å². The summed E-state index contributed by atoms with van der Waals surface area (Å²) in [6.45, 7) is 5.51. The number of rotatable bonds is 2. The zero-order chi connectivity index (χ0) is 14.4. The first-order valence-corrected chi connectivity index (χ1v) is 9.15. The van der Waals surface area contributed by atoms with Gasteiger partial charge in [0.05, 0.1) is 5.39 Å². The Balaban J connectivity index is 1.90. The van der Waals surface area contributed by atoms with Gasteiger partial charge in [0.2, 0.25) is 0 Å². The maximum absolute atomic E-state index is 4.89. The van der Waals surface area contributed by atoms with Crippen molar-refractivity contribution in [3.05, 3.63) is 16.3 Å². The van der Waals surface area contributed by atoms with Gasteiger partial charge in [-0.2, -0.15) is 0 Å². The van der Waals surface area contributed by atoms with Crippen molar-refractivity contribution in [2.75, 3.05) is 11.4 Å². The molecule has 3 nitrogen and oxygen atoms in total. The van der Waals surface area contributed by atoms with Crippen LogP contribution in [0.2, 0.25) is 0 Å². The van der Waals surface area contributed by atoms with E-state index in [4.69, 9.17) is 9.97 Å². The zero-order valence-electron chi connectivity index (χ0n) is 13.0. The first-order chi connectivity index (χ1) is 10.3. The molecule has 1 unspecified atom stereocenters. The molecule has 1 fully saturated rings. The normalized spacial score (nSPS) is 22.0. The van der Waals surface area contributed by atoms with E-state index in [9.17, 15) is 0 Å². The van der Waals surface area contributed by atoms with Crippen LogP contribution in [0.1, 0.15) is 55.3 Å². The summed E-state index contributed by atoms with van der Waals surface area (Å²) in [7, 11) is 0. The van der Waals surface area contributed by atoms with Crippen molar-refractivity contribution in [3.63, 3.8) is 0 Å². The second kappa shape index (κ2) is 5.24. The number of aryl methyl sites for hydroxylation is 3. The van der Waals surface area contributed by atoms with Crippen LogP contribution in [0.25, 0.3) is 10.2 Å². The largest absolute Gasteiger partial charge is 0.353 e. The fourth-order valence-electron chi connectivity index (χ4n) is 3.99. The van der Waals surface area contributed by atoms with Gasteiger partial charge >= 0.3 is 0 Å². The van der Waals surface area contributed by atoms with Gasteiger partial charge in [-0.1, -0.05) is 6.92 Å². The number of aromatic nitrogens is 2. The van der Waals surface area contributed by atoms with E-state index in [1.165, 1.54) is 61.0 Å². The fraction of sp³-hybridized carbons (Fsp3) is 0.647. The lowest BCUT2D eigenvalue weighted by Crippen LogP contribution is -2.40. The molecule has 0 bridgehead atoms. The summed E-state index contributed by atoms with van der Waals surface area (Å²) in [6.07, 6.45) is 8.97. The maximum atomic E-state index is 4.89. The van der Waals surface area contributed by atoms with Gasteiger partial charge in [-0.05, 0) is 57.4 Å². The predicted molar refractivity (Wildman–Crippen MR) is 89.5 cm³/mol. The Bertz CT molecular complexity index is 676. The Hall–Kier alpha value is -1.16. The number of piperidine rings is 1. The maximum Gasteiger partial charge on any atom is 0.141 e. The van der Waals surface area contributed by atoms with Crippen molar-refractivity contribution in [2.24, 2.45) is 0 Å². The molecule has 112 valence electrons. The van der Waals surface area contributed by atoms with Crippen molar-refractivity contribution in [1.82, 2.24) is 9.97 Å². The van der Waals surface area contributed by atoms with Crippen LogP contribution in [0.3, 0.4) is 0 Å². The molecular formula is C17H23N3S. The predicted octanol–water partition coefficient (Wildman–Crippen LogP) is 4.26. The van der Waals surface area contributed by atoms with E-state index >= 15 is 0 Å². The quantitative estimate of drug-likeness (QED) is 0.830. The third-order valence-electron chi connectivity index (χ3n) is 5.03. The van der Waals surface area contributed by atoms with Crippen molar-refractivity contribution in [1.29, 1.82) is 0 Å². The summed E-state index contributed by atoms with van der Waals surface area (Å²) in [5, 5.41) is 1.39. The monoisotopic (exact) mass is 301 g/mol. The summed E-state index contributed by atoms with van der Waals surface area (Å²) in [4.78, 5) is 15.0. The second-order valence-corrected chi connectivity index (χ2v) is 7.47. The standard InChI is InChI=1S/C17H23N3S/c1-3-12-7-4-5-10-20(12)16-15-13-8-6-9-14(13)21-17(15)19-11(2)18-16/h12H,3-10H2,1-2H3. The van der Waals surface area contributed by atoms with E-state index in [2.05, 4.69) is 11.8 Å². The lowest BCUT2D eigenvalue weighted by molar-refractivity contribution is 0.447. The number of anilines is 1. The average molecular weight is 301 g/mol. The Morgan fingerprint density at radius 3 is 2.95 bits per heavy atom. The zero-order valence-corrected chi connectivity index (χ0v) is 13.8. The molecule has 0 radical (unpaired) electrons. The minimum absolute atomic E-state index is 0.660. The summed E-state index contributed by atoms with van der Waals surface area (Å²) >= 11 is 1.91. The van der Waals surface area contributed by atoms with Crippen LogP contribution in [0, 0.1) is 6.92 Å². The molecule has 0 amide bonds. The van der Waals surface area contributed by atoms with Crippen LogP contribution in [0.4, 0.5) is 5.82 Å². The number of hydrogen-bond donors (Lipinski definition) is 0. The van der Waals surface area contributed by atoms with Crippen LogP contribution in [-0.2, 0) is 12.8 Å². The van der Waals surface area contributed by atoms with Crippen LogP contribution in [-0.4, -0.2) is 22.6 Å². The number of nitrogens with zero attached hydrogens (tertiary/aromatic N) is 3. The van der Waals surface area contributed by atoms with E-state index in [0.717, 1.165) is 12.4 Å². The molecule has 3 heterocycles. The summed E-state index contributed by atoms with van der Waals surface area (Å²) < 4.78 is 0.